The fraction of sp³-hybridized carbons (Fsp3) is 0.182. The van der Waals surface area contributed by atoms with Crippen molar-refractivity contribution in [1.82, 2.24) is 0 Å². The van der Waals surface area contributed by atoms with E-state index in [0.717, 1.165) is 0 Å². The van der Waals surface area contributed by atoms with Gasteiger partial charge in [0.15, 0.2) is 0 Å². The van der Waals surface area contributed by atoms with Gasteiger partial charge in [-0.25, -0.2) is 0 Å². The lowest BCUT2D eigenvalue weighted by molar-refractivity contribution is 0.968. The Morgan fingerprint density at radius 3 is 2.58 bits per heavy atom. The van der Waals surface area contributed by atoms with Gasteiger partial charge in [0.25, 0.3) is 0 Å². The van der Waals surface area contributed by atoms with Crippen LogP contribution in [0.4, 0.5) is 0 Å². The van der Waals surface area contributed by atoms with Crippen molar-refractivity contribution >= 4 is 0 Å². The SMILES string of the molecule is C[C@H](/C=C\C#N)c1ccccc1. The highest BCUT2D eigenvalue weighted by Gasteiger charge is 1.97. The molecule has 0 spiro atoms. The quantitative estimate of drug-likeness (QED) is 0.605. The number of allylic oxidation sites excluding steroid dienone is 2. The Morgan fingerprint density at radius 2 is 2.00 bits per heavy atom. The van der Waals surface area contributed by atoms with E-state index in [2.05, 4.69) is 19.1 Å². The summed E-state index contributed by atoms with van der Waals surface area (Å²) in [6, 6.07) is 12.1. The predicted molar refractivity (Wildman–Crippen MR) is 49.6 cm³/mol. The second kappa shape index (κ2) is 4.35. The third kappa shape index (κ3) is 2.25. The Kier molecular flexibility index (Phi) is 3.10. The van der Waals surface area contributed by atoms with E-state index in [9.17, 15) is 0 Å². The van der Waals surface area contributed by atoms with Crippen LogP contribution in [0.15, 0.2) is 42.5 Å². The third-order valence-corrected chi connectivity index (χ3v) is 1.78. The summed E-state index contributed by atoms with van der Waals surface area (Å²) in [5.41, 5.74) is 1.24. The lowest BCUT2D eigenvalue weighted by atomic mass is 10.0. The number of hydrogen-bond acceptors (Lipinski definition) is 1. The van der Waals surface area contributed by atoms with Crippen LogP contribution in [0.5, 0.6) is 0 Å². The summed E-state index contributed by atoms with van der Waals surface area (Å²) in [7, 11) is 0. The van der Waals surface area contributed by atoms with Gasteiger partial charge in [0, 0.05) is 6.08 Å². The molecule has 0 aromatic heterocycles. The molecule has 1 atom stereocenters. The minimum Gasteiger partial charge on any atom is -0.193 e. The van der Waals surface area contributed by atoms with Gasteiger partial charge in [-0.05, 0) is 11.5 Å². The van der Waals surface area contributed by atoms with Crippen molar-refractivity contribution < 1.29 is 0 Å². The van der Waals surface area contributed by atoms with E-state index in [1.807, 2.05) is 30.3 Å². The van der Waals surface area contributed by atoms with Crippen molar-refractivity contribution in [2.75, 3.05) is 0 Å². The zero-order valence-electron chi connectivity index (χ0n) is 7.07. The van der Waals surface area contributed by atoms with Crippen molar-refractivity contribution in [3.63, 3.8) is 0 Å². The second-order valence-electron chi connectivity index (χ2n) is 2.69. The van der Waals surface area contributed by atoms with Gasteiger partial charge >= 0.3 is 0 Å². The molecule has 60 valence electrons. The van der Waals surface area contributed by atoms with Crippen LogP contribution < -0.4 is 0 Å². The van der Waals surface area contributed by atoms with Crippen LogP contribution in [-0.4, -0.2) is 0 Å². The highest BCUT2D eigenvalue weighted by molar-refractivity contribution is 5.24. The van der Waals surface area contributed by atoms with Gasteiger partial charge < -0.3 is 0 Å². The first-order valence-electron chi connectivity index (χ1n) is 3.96. The molecule has 0 saturated carbocycles. The van der Waals surface area contributed by atoms with Crippen LogP contribution in [-0.2, 0) is 0 Å². The Hall–Kier alpha value is -1.55. The van der Waals surface area contributed by atoms with Crippen LogP contribution in [0, 0.1) is 11.3 Å². The van der Waals surface area contributed by atoms with Gasteiger partial charge in [0.1, 0.15) is 0 Å². The maximum Gasteiger partial charge on any atom is 0.0908 e. The highest BCUT2D eigenvalue weighted by Crippen LogP contribution is 2.14. The Bertz CT molecular complexity index is 293. The molecule has 0 heterocycles. The molecule has 1 nitrogen and oxygen atoms in total. The van der Waals surface area contributed by atoms with Gasteiger partial charge in [-0.3, -0.25) is 0 Å². The van der Waals surface area contributed by atoms with Crippen LogP contribution in [0.2, 0.25) is 0 Å². The molecule has 0 bridgehead atoms. The Morgan fingerprint density at radius 1 is 1.33 bits per heavy atom. The van der Waals surface area contributed by atoms with Crippen molar-refractivity contribution in [2.45, 2.75) is 12.8 Å². The number of nitriles is 1. The Labute approximate surface area is 73.0 Å². The average Bonchev–Trinajstić information content (AvgIpc) is 2.15. The molecule has 0 aliphatic heterocycles. The van der Waals surface area contributed by atoms with Gasteiger partial charge in [-0.15, -0.1) is 0 Å². The van der Waals surface area contributed by atoms with Crippen LogP contribution in [0.1, 0.15) is 18.4 Å². The number of nitrogens with zero attached hydrogens (tertiary/aromatic N) is 1. The van der Waals surface area contributed by atoms with Crippen molar-refractivity contribution in [1.29, 1.82) is 5.26 Å². The first-order chi connectivity index (χ1) is 5.84. The van der Waals surface area contributed by atoms with Crippen LogP contribution >= 0.6 is 0 Å². The lowest BCUT2D eigenvalue weighted by Gasteiger charge is -2.03. The average molecular weight is 157 g/mol. The van der Waals surface area contributed by atoms with Gasteiger partial charge in [0.05, 0.1) is 6.07 Å². The smallest absolute Gasteiger partial charge is 0.0908 e. The molecule has 1 rings (SSSR count). The fourth-order valence-electron chi connectivity index (χ4n) is 1.06. The Balaban J connectivity index is 2.73. The maximum absolute atomic E-state index is 8.33. The molecule has 0 aliphatic carbocycles. The van der Waals surface area contributed by atoms with Gasteiger partial charge in [-0.1, -0.05) is 43.3 Å². The van der Waals surface area contributed by atoms with E-state index < -0.39 is 0 Å². The summed E-state index contributed by atoms with van der Waals surface area (Å²) in [5.74, 6) is 0.325. The molecule has 1 aromatic carbocycles. The molecular formula is C11H11N. The summed E-state index contributed by atoms with van der Waals surface area (Å²) < 4.78 is 0. The van der Waals surface area contributed by atoms with Crippen LogP contribution in [0.25, 0.3) is 0 Å². The van der Waals surface area contributed by atoms with E-state index in [4.69, 9.17) is 5.26 Å². The van der Waals surface area contributed by atoms with Crippen LogP contribution in [0.3, 0.4) is 0 Å². The lowest BCUT2D eigenvalue weighted by Crippen LogP contribution is -1.86. The molecule has 1 aromatic rings. The topological polar surface area (TPSA) is 23.8 Å². The van der Waals surface area contributed by atoms with E-state index in [1.54, 1.807) is 0 Å². The van der Waals surface area contributed by atoms with Crippen molar-refractivity contribution in [2.24, 2.45) is 0 Å². The molecule has 0 aliphatic rings. The van der Waals surface area contributed by atoms with Crippen molar-refractivity contribution in [3.8, 4) is 6.07 Å². The molecule has 0 saturated heterocycles. The normalized spacial score (nSPS) is 12.7. The zero-order valence-corrected chi connectivity index (χ0v) is 7.07. The van der Waals surface area contributed by atoms with E-state index >= 15 is 0 Å². The predicted octanol–water partition coefficient (Wildman–Crippen LogP) is 2.87. The summed E-state index contributed by atoms with van der Waals surface area (Å²) in [6.45, 7) is 2.07. The number of benzene rings is 1. The summed E-state index contributed by atoms with van der Waals surface area (Å²) in [4.78, 5) is 0. The highest BCUT2D eigenvalue weighted by atomic mass is 14.2. The van der Waals surface area contributed by atoms with Gasteiger partial charge in [0.2, 0.25) is 0 Å². The molecule has 1 heteroatoms. The molecule has 0 amide bonds. The second-order valence-corrected chi connectivity index (χ2v) is 2.69. The first-order valence-corrected chi connectivity index (χ1v) is 3.96. The monoisotopic (exact) mass is 157 g/mol. The van der Waals surface area contributed by atoms with E-state index in [1.165, 1.54) is 11.6 Å². The summed E-state index contributed by atoms with van der Waals surface area (Å²) in [5, 5.41) is 8.33. The standard InChI is InChI=1S/C11H11N/c1-10(6-5-9-12)11-7-3-2-4-8-11/h2-8,10H,1H3/b6-5-/t10-/m1/s1. The van der Waals surface area contributed by atoms with E-state index in [0.29, 0.717) is 5.92 Å². The largest absolute Gasteiger partial charge is 0.193 e. The van der Waals surface area contributed by atoms with E-state index in [-0.39, 0.29) is 0 Å². The molecule has 0 fully saturated rings. The number of rotatable bonds is 2. The molecule has 0 unspecified atom stereocenters. The fourth-order valence-corrected chi connectivity index (χ4v) is 1.06. The molecule has 0 radical (unpaired) electrons. The third-order valence-electron chi connectivity index (χ3n) is 1.78. The summed E-state index contributed by atoms with van der Waals surface area (Å²) >= 11 is 0. The first kappa shape index (κ1) is 8.55. The minimum atomic E-state index is 0.325. The van der Waals surface area contributed by atoms with Crippen molar-refractivity contribution in [3.05, 3.63) is 48.0 Å². The molecule has 12 heavy (non-hydrogen) atoms. The molecular weight excluding hydrogens is 146 g/mol. The minimum absolute atomic E-state index is 0.325. The summed E-state index contributed by atoms with van der Waals surface area (Å²) in [6.07, 6.45) is 3.42. The maximum atomic E-state index is 8.33. The molecule has 0 N–H and O–H groups in total. The van der Waals surface area contributed by atoms with Gasteiger partial charge in [-0.2, -0.15) is 5.26 Å². The zero-order chi connectivity index (χ0) is 8.81. The number of hydrogen-bond donors (Lipinski definition) is 0.